The standard InChI is InChI=1S/C19H24N4O3/c24-16-11-20-9-13(16)10-21-18(25)12-5-6-14-15(8-12)22-17-4-2-1-3-7-23(17)19(14)26/h5-6,8,13,16,20,24H,1-4,7,9-11H2,(H,21,25). The highest BCUT2D eigenvalue weighted by molar-refractivity contribution is 5.97. The van der Waals surface area contributed by atoms with E-state index in [1.54, 1.807) is 22.8 Å². The van der Waals surface area contributed by atoms with Crippen molar-refractivity contribution in [2.75, 3.05) is 19.6 Å². The molecule has 2 aliphatic rings. The number of aliphatic hydroxyl groups excluding tert-OH is 1. The second-order valence-corrected chi connectivity index (χ2v) is 7.22. The van der Waals surface area contributed by atoms with Gasteiger partial charge in [0, 0.05) is 44.1 Å². The van der Waals surface area contributed by atoms with Gasteiger partial charge in [-0.3, -0.25) is 14.2 Å². The van der Waals surface area contributed by atoms with E-state index < -0.39 is 6.10 Å². The maximum absolute atomic E-state index is 12.7. The molecule has 4 rings (SSSR count). The zero-order valence-electron chi connectivity index (χ0n) is 14.7. The molecule has 0 aliphatic carbocycles. The van der Waals surface area contributed by atoms with Crippen molar-refractivity contribution in [1.29, 1.82) is 0 Å². The molecule has 1 amide bonds. The van der Waals surface area contributed by atoms with Gasteiger partial charge in [-0.25, -0.2) is 4.98 Å². The Morgan fingerprint density at radius 2 is 2.19 bits per heavy atom. The first-order chi connectivity index (χ1) is 12.6. The molecule has 1 aromatic heterocycles. The maximum atomic E-state index is 12.7. The molecule has 26 heavy (non-hydrogen) atoms. The average Bonchev–Trinajstić information content (AvgIpc) is 2.90. The smallest absolute Gasteiger partial charge is 0.261 e. The minimum Gasteiger partial charge on any atom is -0.391 e. The molecule has 2 aliphatic heterocycles. The van der Waals surface area contributed by atoms with Gasteiger partial charge in [-0.1, -0.05) is 6.42 Å². The monoisotopic (exact) mass is 356 g/mol. The molecule has 2 unspecified atom stereocenters. The largest absolute Gasteiger partial charge is 0.391 e. The molecule has 1 saturated heterocycles. The first-order valence-corrected chi connectivity index (χ1v) is 9.34. The lowest BCUT2D eigenvalue weighted by Gasteiger charge is -2.14. The lowest BCUT2D eigenvalue weighted by molar-refractivity contribution is 0.0927. The predicted molar refractivity (Wildman–Crippen MR) is 98.3 cm³/mol. The maximum Gasteiger partial charge on any atom is 0.261 e. The first kappa shape index (κ1) is 17.2. The minimum absolute atomic E-state index is 0.0148. The number of β-amino-alcohol motifs (C(OH)–C–C–N with tert-alkyl or cyclic N) is 1. The molecule has 0 saturated carbocycles. The Kier molecular flexibility index (Phi) is 4.74. The van der Waals surface area contributed by atoms with Crippen LogP contribution in [0.15, 0.2) is 23.0 Å². The van der Waals surface area contributed by atoms with Crippen molar-refractivity contribution < 1.29 is 9.90 Å². The Morgan fingerprint density at radius 1 is 1.31 bits per heavy atom. The van der Waals surface area contributed by atoms with Gasteiger partial charge in [0.25, 0.3) is 11.5 Å². The zero-order chi connectivity index (χ0) is 18.1. The normalized spacial score (nSPS) is 22.8. The number of nitrogens with zero attached hydrogens (tertiary/aromatic N) is 2. The lowest BCUT2D eigenvalue weighted by Crippen LogP contribution is -2.34. The molecule has 0 bridgehead atoms. The molecular weight excluding hydrogens is 332 g/mol. The zero-order valence-corrected chi connectivity index (χ0v) is 14.7. The molecule has 1 fully saturated rings. The molecule has 3 N–H and O–H groups in total. The number of aromatic nitrogens is 2. The number of aliphatic hydroxyl groups is 1. The molecule has 138 valence electrons. The van der Waals surface area contributed by atoms with E-state index >= 15 is 0 Å². The Bertz CT molecular complexity index is 892. The fraction of sp³-hybridized carbons (Fsp3) is 0.526. The predicted octanol–water partition coefficient (Wildman–Crippen LogP) is 0.433. The molecule has 7 nitrogen and oxygen atoms in total. The average molecular weight is 356 g/mol. The molecule has 0 spiro atoms. The van der Waals surface area contributed by atoms with Crippen LogP contribution in [0.25, 0.3) is 10.9 Å². The van der Waals surface area contributed by atoms with Crippen LogP contribution in [0.5, 0.6) is 0 Å². The number of carbonyl (C=O) groups excluding carboxylic acids is 1. The number of rotatable bonds is 3. The highest BCUT2D eigenvalue weighted by Crippen LogP contribution is 2.16. The summed E-state index contributed by atoms with van der Waals surface area (Å²) in [6.45, 7) is 2.40. The van der Waals surface area contributed by atoms with Gasteiger partial charge in [0.15, 0.2) is 0 Å². The summed E-state index contributed by atoms with van der Waals surface area (Å²) in [7, 11) is 0. The van der Waals surface area contributed by atoms with Gasteiger partial charge in [0.2, 0.25) is 0 Å². The summed E-state index contributed by atoms with van der Waals surface area (Å²) in [4.78, 5) is 29.8. The van der Waals surface area contributed by atoms with E-state index in [4.69, 9.17) is 0 Å². The van der Waals surface area contributed by atoms with E-state index in [1.807, 2.05) is 0 Å². The van der Waals surface area contributed by atoms with Gasteiger partial charge in [-0.2, -0.15) is 0 Å². The van der Waals surface area contributed by atoms with Crippen LogP contribution in [0, 0.1) is 5.92 Å². The fourth-order valence-electron chi connectivity index (χ4n) is 3.81. The summed E-state index contributed by atoms with van der Waals surface area (Å²) in [6, 6.07) is 5.07. The summed E-state index contributed by atoms with van der Waals surface area (Å²) < 4.78 is 1.78. The van der Waals surface area contributed by atoms with Crippen molar-refractivity contribution >= 4 is 16.8 Å². The first-order valence-electron chi connectivity index (χ1n) is 9.34. The number of amides is 1. The molecular formula is C19H24N4O3. The highest BCUT2D eigenvalue weighted by Gasteiger charge is 2.25. The number of carbonyl (C=O) groups is 1. The van der Waals surface area contributed by atoms with Gasteiger partial charge < -0.3 is 15.7 Å². The third kappa shape index (κ3) is 3.24. The highest BCUT2D eigenvalue weighted by atomic mass is 16.3. The van der Waals surface area contributed by atoms with E-state index in [-0.39, 0.29) is 17.4 Å². The molecule has 2 atom stereocenters. The van der Waals surface area contributed by atoms with E-state index in [2.05, 4.69) is 15.6 Å². The summed E-state index contributed by atoms with van der Waals surface area (Å²) in [6.07, 6.45) is 3.52. The van der Waals surface area contributed by atoms with Gasteiger partial charge in [-0.15, -0.1) is 0 Å². The van der Waals surface area contributed by atoms with E-state index in [9.17, 15) is 14.7 Å². The van der Waals surface area contributed by atoms with Crippen LogP contribution in [-0.2, 0) is 13.0 Å². The van der Waals surface area contributed by atoms with E-state index in [1.165, 1.54) is 0 Å². The fourth-order valence-corrected chi connectivity index (χ4v) is 3.81. The van der Waals surface area contributed by atoms with Crippen molar-refractivity contribution in [2.45, 2.75) is 38.3 Å². The van der Waals surface area contributed by atoms with Crippen LogP contribution in [0.2, 0.25) is 0 Å². The minimum atomic E-state index is -0.427. The van der Waals surface area contributed by atoms with Gasteiger partial charge in [0.1, 0.15) is 5.82 Å². The van der Waals surface area contributed by atoms with Crippen molar-refractivity contribution in [3.05, 3.63) is 39.9 Å². The third-order valence-corrected chi connectivity index (χ3v) is 5.41. The Morgan fingerprint density at radius 3 is 3.00 bits per heavy atom. The van der Waals surface area contributed by atoms with Crippen molar-refractivity contribution in [3.63, 3.8) is 0 Å². The number of hydrogen-bond acceptors (Lipinski definition) is 5. The van der Waals surface area contributed by atoms with Crippen LogP contribution in [0.1, 0.15) is 35.4 Å². The number of aryl methyl sites for hydroxylation is 1. The quantitative estimate of drug-likeness (QED) is 0.741. The van der Waals surface area contributed by atoms with Gasteiger partial charge in [0.05, 0.1) is 17.0 Å². The topological polar surface area (TPSA) is 96.3 Å². The molecule has 1 aromatic carbocycles. The molecule has 7 heteroatoms. The third-order valence-electron chi connectivity index (χ3n) is 5.41. The van der Waals surface area contributed by atoms with Crippen molar-refractivity contribution in [1.82, 2.24) is 20.2 Å². The molecule has 3 heterocycles. The van der Waals surface area contributed by atoms with Gasteiger partial charge in [-0.05, 0) is 31.0 Å². The van der Waals surface area contributed by atoms with Crippen LogP contribution in [-0.4, -0.2) is 46.3 Å². The van der Waals surface area contributed by atoms with Crippen LogP contribution < -0.4 is 16.2 Å². The Hall–Kier alpha value is -2.25. The van der Waals surface area contributed by atoms with Crippen LogP contribution in [0.3, 0.4) is 0 Å². The van der Waals surface area contributed by atoms with Gasteiger partial charge >= 0.3 is 0 Å². The summed E-state index contributed by atoms with van der Waals surface area (Å²) in [5.74, 6) is 0.638. The summed E-state index contributed by atoms with van der Waals surface area (Å²) >= 11 is 0. The van der Waals surface area contributed by atoms with Crippen molar-refractivity contribution in [3.8, 4) is 0 Å². The molecule has 0 radical (unpaired) electrons. The number of nitrogens with one attached hydrogen (secondary N) is 2. The SMILES string of the molecule is O=C(NCC1CNCC1O)c1ccc2c(=O)n3c(nc2c1)CCCCC3. The van der Waals surface area contributed by atoms with Crippen molar-refractivity contribution in [2.24, 2.45) is 5.92 Å². The summed E-state index contributed by atoms with van der Waals surface area (Å²) in [5.41, 5.74) is 1.06. The van der Waals surface area contributed by atoms with Crippen LogP contribution >= 0.6 is 0 Å². The second kappa shape index (κ2) is 7.17. The van der Waals surface area contributed by atoms with E-state index in [0.717, 1.165) is 38.1 Å². The second-order valence-electron chi connectivity index (χ2n) is 7.22. The number of benzene rings is 1. The Balaban J connectivity index is 1.58. The summed E-state index contributed by atoms with van der Waals surface area (Å²) in [5, 5.41) is 16.4. The number of fused-ring (bicyclic) bond motifs is 2. The molecule has 2 aromatic rings. The Labute approximate surface area is 151 Å². The lowest BCUT2D eigenvalue weighted by atomic mass is 10.1. The van der Waals surface area contributed by atoms with Crippen LogP contribution in [0.4, 0.5) is 0 Å². The number of hydrogen-bond donors (Lipinski definition) is 3. The van der Waals surface area contributed by atoms with E-state index in [0.29, 0.717) is 36.1 Å².